The van der Waals surface area contributed by atoms with Crippen LogP contribution < -0.4 is 24.8 Å². The molecule has 2 aliphatic heterocycles. The van der Waals surface area contributed by atoms with Crippen LogP contribution in [0.4, 0.5) is 10.1 Å². The summed E-state index contributed by atoms with van der Waals surface area (Å²) in [7, 11) is 1.57. The van der Waals surface area contributed by atoms with E-state index in [0.29, 0.717) is 53.6 Å². The number of nitrogens with zero attached hydrogens (tertiary/aromatic N) is 2. The number of hydrogen-bond donors (Lipinski definition) is 2. The molecule has 0 saturated carbocycles. The first kappa shape index (κ1) is 29.4. The first-order chi connectivity index (χ1) is 21.4. The Morgan fingerprint density at radius 3 is 2.57 bits per heavy atom. The van der Waals surface area contributed by atoms with E-state index in [1.54, 1.807) is 25.4 Å². The lowest BCUT2D eigenvalue weighted by molar-refractivity contribution is -0.143. The summed E-state index contributed by atoms with van der Waals surface area (Å²) in [6, 6.07) is 17.1. The number of carbonyl (C=O) groups is 2. The van der Waals surface area contributed by atoms with Gasteiger partial charge in [-0.05, 0) is 80.6 Å². The van der Waals surface area contributed by atoms with Crippen molar-refractivity contribution in [2.75, 3.05) is 32.1 Å². The van der Waals surface area contributed by atoms with Crippen LogP contribution in [0.2, 0.25) is 0 Å². The van der Waals surface area contributed by atoms with Gasteiger partial charge in [-0.15, -0.1) is 0 Å². The molecule has 2 N–H and O–H groups in total. The molecule has 1 saturated heterocycles. The van der Waals surface area contributed by atoms with Gasteiger partial charge in [0.1, 0.15) is 5.75 Å². The Bertz CT molecular complexity index is 1690. The monoisotopic (exact) mass is 598 g/mol. The van der Waals surface area contributed by atoms with Crippen LogP contribution in [-0.2, 0) is 22.6 Å². The van der Waals surface area contributed by atoms with E-state index in [2.05, 4.69) is 22.5 Å². The minimum absolute atomic E-state index is 0.00264. The molecule has 1 fully saturated rings. The molecular weight excluding hydrogens is 563 g/mol. The fraction of sp³-hybridized carbons (Fsp3) is 0.324. The Labute approximate surface area is 255 Å². The molecule has 6 rings (SSSR count). The second kappa shape index (κ2) is 12.9. The van der Waals surface area contributed by atoms with Crippen LogP contribution in [0.3, 0.4) is 0 Å². The van der Waals surface area contributed by atoms with Gasteiger partial charge in [-0.2, -0.15) is 0 Å². The molecule has 0 bridgehead atoms. The van der Waals surface area contributed by atoms with Gasteiger partial charge in [-0.3, -0.25) is 14.6 Å². The predicted molar refractivity (Wildman–Crippen MR) is 165 cm³/mol. The third-order valence-electron chi connectivity index (χ3n) is 8.37. The van der Waals surface area contributed by atoms with Gasteiger partial charge in [0.05, 0.1) is 18.7 Å². The van der Waals surface area contributed by atoms with Gasteiger partial charge in [-0.25, -0.2) is 4.39 Å². The summed E-state index contributed by atoms with van der Waals surface area (Å²) in [6.07, 6.45) is 4.36. The zero-order chi connectivity index (χ0) is 30.6. The van der Waals surface area contributed by atoms with Crippen molar-refractivity contribution in [1.82, 2.24) is 15.2 Å². The predicted octanol–water partition coefficient (Wildman–Crippen LogP) is 5.47. The van der Waals surface area contributed by atoms with Gasteiger partial charge in [-0.1, -0.05) is 24.3 Å². The number of amides is 2. The van der Waals surface area contributed by atoms with E-state index in [9.17, 15) is 9.59 Å². The number of rotatable bonds is 7. The van der Waals surface area contributed by atoms with Gasteiger partial charge in [0, 0.05) is 42.5 Å². The van der Waals surface area contributed by atoms with Crippen LogP contribution in [0.1, 0.15) is 30.9 Å². The van der Waals surface area contributed by atoms with Crippen LogP contribution in [0, 0.1) is 11.7 Å². The molecule has 228 valence electrons. The zero-order valence-electron chi connectivity index (χ0n) is 24.8. The second-order valence-electron chi connectivity index (χ2n) is 11.2. The van der Waals surface area contributed by atoms with E-state index >= 15 is 4.39 Å². The summed E-state index contributed by atoms with van der Waals surface area (Å²) in [4.78, 5) is 31.5. The van der Waals surface area contributed by atoms with Crippen molar-refractivity contribution in [3.05, 3.63) is 83.8 Å². The molecular formula is C34H35FN4O5. The number of benzene rings is 3. The molecule has 0 spiro atoms. The van der Waals surface area contributed by atoms with Crippen molar-refractivity contribution >= 4 is 28.4 Å². The Morgan fingerprint density at radius 1 is 1.00 bits per heavy atom. The van der Waals surface area contributed by atoms with Crippen LogP contribution >= 0.6 is 0 Å². The number of piperidine rings is 1. The maximum absolute atomic E-state index is 15.2. The lowest BCUT2D eigenvalue weighted by atomic mass is 9.93. The van der Waals surface area contributed by atoms with Crippen LogP contribution in [-0.4, -0.2) is 54.5 Å². The summed E-state index contributed by atoms with van der Waals surface area (Å²) >= 11 is 0. The molecule has 0 aliphatic carbocycles. The molecule has 2 amide bonds. The van der Waals surface area contributed by atoms with E-state index in [1.165, 1.54) is 22.6 Å². The molecule has 0 radical (unpaired) electrons. The van der Waals surface area contributed by atoms with E-state index in [4.69, 9.17) is 14.2 Å². The minimum Gasteiger partial charge on any atom is -0.493 e. The molecule has 1 aromatic heterocycles. The van der Waals surface area contributed by atoms with Crippen LogP contribution in [0.15, 0.2) is 66.9 Å². The Kier molecular flexibility index (Phi) is 8.60. The molecule has 3 aromatic carbocycles. The SMILES string of the molecule is COc1cc2c(Oc3ccc(NC(=O)C(=O)N4CCc5ccccc5C4)cc3F)ccnc2cc1OC(C)C1CCNCC1. The van der Waals surface area contributed by atoms with Gasteiger partial charge < -0.3 is 29.7 Å². The van der Waals surface area contributed by atoms with Crippen molar-refractivity contribution < 1.29 is 28.2 Å². The van der Waals surface area contributed by atoms with Crippen molar-refractivity contribution in [3.63, 3.8) is 0 Å². The Balaban J connectivity index is 1.15. The minimum atomic E-state index is -0.822. The van der Waals surface area contributed by atoms with Gasteiger partial charge in [0.25, 0.3) is 0 Å². The highest BCUT2D eigenvalue weighted by molar-refractivity contribution is 6.39. The molecule has 44 heavy (non-hydrogen) atoms. The van der Waals surface area contributed by atoms with Gasteiger partial charge >= 0.3 is 11.8 Å². The highest BCUT2D eigenvalue weighted by Gasteiger charge is 2.26. The quantitative estimate of drug-likeness (QED) is 0.272. The van der Waals surface area contributed by atoms with Crippen LogP contribution in [0.5, 0.6) is 23.0 Å². The third kappa shape index (κ3) is 6.30. The summed E-state index contributed by atoms with van der Waals surface area (Å²) in [5.74, 6) is -0.300. The Hall–Kier alpha value is -4.70. The highest BCUT2D eigenvalue weighted by atomic mass is 19.1. The highest BCUT2D eigenvalue weighted by Crippen LogP contribution is 2.39. The zero-order valence-corrected chi connectivity index (χ0v) is 24.8. The van der Waals surface area contributed by atoms with Crippen molar-refractivity contribution in [3.8, 4) is 23.0 Å². The summed E-state index contributed by atoms with van der Waals surface area (Å²) in [5.41, 5.74) is 2.95. The topological polar surface area (TPSA) is 102 Å². The number of pyridine rings is 1. The lowest BCUT2D eigenvalue weighted by Crippen LogP contribution is -2.42. The average Bonchev–Trinajstić information content (AvgIpc) is 3.05. The molecule has 1 unspecified atom stereocenters. The van der Waals surface area contributed by atoms with Gasteiger partial charge in [0.15, 0.2) is 23.1 Å². The maximum atomic E-state index is 15.2. The number of nitrogens with one attached hydrogen (secondary N) is 2. The third-order valence-corrected chi connectivity index (χ3v) is 8.37. The summed E-state index contributed by atoms with van der Waals surface area (Å²) in [6.45, 7) is 4.83. The smallest absolute Gasteiger partial charge is 0.313 e. The summed E-state index contributed by atoms with van der Waals surface area (Å²) < 4.78 is 33.1. The lowest BCUT2D eigenvalue weighted by Gasteiger charge is -2.29. The van der Waals surface area contributed by atoms with Crippen molar-refractivity contribution in [2.45, 2.75) is 38.8 Å². The van der Waals surface area contributed by atoms with Crippen LogP contribution in [0.25, 0.3) is 10.9 Å². The van der Waals surface area contributed by atoms with E-state index in [0.717, 1.165) is 37.6 Å². The Morgan fingerprint density at radius 2 is 1.80 bits per heavy atom. The molecule has 3 heterocycles. The fourth-order valence-electron chi connectivity index (χ4n) is 5.86. The maximum Gasteiger partial charge on any atom is 0.313 e. The normalized spacial score (nSPS) is 15.8. The summed E-state index contributed by atoms with van der Waals surface area (Å²) in [5, 5.41) is 6.51. The molecule has 9 nitrogen and oxygen atoms in total. The number of methoxy groups -OCH3 is 1. The standard InChI is InChI=1S/C34H35FN4O5/c1-21(22-9-13-36-14-10-22)43-32-19-28-26(18-31(32)42-2)29(11-15-37-28)44-30-8-7-25(17-27(30)35)38-33(40)34(41)39-16-12-23-5-3-4-6-24(23)20-39/h3-8,11,15,17-19,21-22,36H,9-10,12-14,16,20H2,1-2H3,(H,38,40). The number of halogens is 1. The molecule has 10 heteroatoms. The van der Waals surface area contributed by atoms with Crippen molar-refractivity contribution in [1.29, 1.82) is 0 Å². The number of aromatic nitrogens is 1. The number of ether oxygens (including phenoxy) is 3. The molecule has 2 aliphatic rings. The average molecular weight is 599 g/mol. The van der Waals surface area contributed by atoms with E-state index in [1.807, 2.05) is 30.3 Å². The fourth-order valence-corrected chi connectivity index (χ4v) is 5.86. The molecule has 4 aromatic rings. The second-order valence-corrected chi connectivity index (χ2v) is 11.2. The first-order valence-corrected chi connectivity index (χ1v) is 14.9. The van der Waals surface area contributed by atoms with E-state index in [-0.39, 0.29) is 17.5 Å². The number of hydrogen-bond acceptors (Lipinski definition) is 7. The first-order valence-electron chi connectivity index (χ1n) is 14.9. The van der Waals surface area contributed by atoms with Gasteiger partial charge in [0.2, 0.25) is 0 Å². The number of anilines is 1. The number of fused-ring (bicyclic) bond motifs is 2. The molecule has 1 atom stereocenters. The van der Waals surface area contributed by atoms with E-state index < -0.39 is 17.6 Å². The largest absolute Gasteiger partial charge is 0.493 e. The number of carbonyl (C=O) groups excluding carboxylic acids is 2. The van der Waals surface area contributed by atoms with Crippen molar-refractivity contribution in [2.24, 2.45) is 5.92 Å².